The molecule has 0 aliphatic carbocycles. The standard InChI is InChI=1S/C16H28O6/c1-5-14(6-2)19-11-9-18-16(10-17)13(12(11)20-14)21-15(7-3,8-4)22-16/h11-13,17H,5-10H2,1-4H3/t11-,12-,13+,16+/m1/s1. The Kier molecular flexibility index (Phi) is 4.29. The summed E-state index contributed by atoms with van der Waals surface area (Å²) < 4.78 is 30.6. The fourth-order valence-electron chi connectivity index (χ4n) is 3.76. The van der Waals surface area contributed by atoms with Crippen molar-refractivity contribution in [3.8, 4) is 0 Å². The topological polar surface area (TPSA) is 66.4 Å². The Balaban J connectivity index is 1.89. The van der Waals surface area contributed by atoms with Crippen LogP contribution in [0.5, 0.6) is 0 Å². The Bertz CT molecular complexity index is 405. The van der Waals surface area contributed by atoms with Crippen LogP contribution in [0.4, 0.5) is 0 Å². The van der Waals surface area contributed by atoms with Crippen molar-refractivity contribution in [1.82, 2.24) is 0 Å². The maximum Gasteiger partial charge on any atom is 0.224 e. The van der Waals surface area contributed by atoms with Crippen LogP contribution in [0.25, 0.3) is 0 Å². The van der Waals surface area contributed by atoms with Crippen LogP contribution in [0.1, 0.15) is 53.4 Å². The molecule has 0 amide bonds. The summed E-state index contributed by atoms with van der Waals surface area (Å²) in [5.74, 6) is -2.46. The van der Waals surface area contributed by atoms with Crippen LogP contribution in [0.2, 0.25) is 0 Å². The summed E-state index contributed by atoms with van der Waals surface area (Å²) in [7, 11) is 0. The molecule has 0 saturated carbocycles. The van der Waals surface area contributed by atoms with E-state index in [2.05, 4.69) is 13.8 Å². The maximum atomic E-state index is 9.91. The second-order valence-corrected chi connectivity index (χ2v) is 6.40. The lowest BCUT2D eigenvalue weighted by Crippen LogP contribution is -2.60. The minimum absolute atomic E-state index is 0.183. The number of hydrogen-bond acceptors (Lipinski definition) is 6. The molecule has 1 N–H and O–H groups in total. The van der Waals surface area contributed by atoms with Gasteiger partial charge >= 0.3 is 0 Å². The molecule has 22 heavy (non-hydrogen) atoms. The van der Waals surface area contributed by atoms with E-state index in [0.29, 0.717) is 19.4 Å². The smallest absolute Gasteiger partial charge is 0.224 e. The molecule has 0 radical (unpaired) electrons. The Hall–Kier alpha value is -0.240. The first kappa shape index (κ1) is 16.6. The molecule has 0 aromatic carbocycles. The van der Waals surface area contributed by atoms with Gasteiger partial charge in [-0.2, -0.15) is 0 Å². The molecule has 0 unspecified atom stereocenters. The van der Waals surface area contributed by atoms with Gasteiger partial charge in [-0.15, -0.1) is 0 Å². The van der Waals surface area contributed by atoms with Crippen molar-refractivity contribution in [2.45, 2.75) is 89.1 Å². The zero-order chi connectivity index (χ0) is 16.0. The van der Waals surface area contributed by atoms with E-state index in [1.54, 1.807) is 0 Å². The van der Waals surface area contributed by atoms with E-state index in [9.17, 15) is 5.11 Å². The lowest BCUT2D eigenvalue weighted by atomic mass is 9.97. The molecular weight excluding hydrogens is 288 g/mol. The zero-order valence-electron chi connectivity index (χ0n) is 14.0. The summed E-state index contributed by atoms with van der Waals surface area (Å²) in [5, 5.41) is 9.91. The van der Waals surface area contributed by atoms with E-state index in [1.807, 2.05) is 13.8 Å². The quantitative estimate of drug-likeness (QED) is 0.836. The van der Waals surface area contributed by atoms with Gasteiger partial charge in [0.15, 0.2) is 11.6 Å². The predicted octanol–water partition coefficient (Wildman–Crippen LogP) is 1.94. The van der Waals surface area contributed by atoms with Crippen LogP contribution in [-0.4, -0.2) is 54.0 Å². The van der Waals surface area contributed by atoms with E-state index in [-0.39, 0.29) is 18.8 Å². The van der Waals surface area contributed by atoms with Crippen LogP contribution in [0.3, 0.4) is 0 Å². The van der Waals surface area contributed by atoms with E-state index >= 15 is 0 Å². The van der Waals surface area contributed by atoms with Crippen molar-refractivity contribution >= 4 is 0 Å². The van der Waals surface area contributed by atoms with Crippen molar-refractivity contribution < 1.29 is 28.8 Å². The van der Waals surface area contributed by atoms with Crippen molar-refractivity contribution in [2.24, 2.45) is 0 Å². The average Bonchev–Trinajstić information content (AvgIpc) is 3.11. The monoisotopic (exact) mass is 316 g/mol. The normalized spacial score (nSPS) is 42.1. The van der Waals surface area contributed by atoms with Gasteiger partial charge in [0.1, 0.15) is 24.9 Å². The minimum atomic E-state index is -1.14. The second-order valence-electron chi connectivity index (χ2n) is 6.40. The molecular formula is C16H28O6. The van der Waals surface area contributed by atoms with E-state index in [1.165, 1.54) is 0 Å². The minimum Gasteiger partial charge on any atom is -0.391 e. The van der Waals surface area contributed by atoms with Crippen LogP contribution in [0.15, 0.2) is 0 Å². The zero-order valence-corrected chi connectivity index (χ0v) is 14.0. The first-order valence-corrected chi connectivity index (χ1v) is 8.50. The molecule has 3 fully saturated rings. The molecule has 128 valence electrons. The van der Waals surface area contributed by atoms with Crippen LogP contribution in [-0.2, 0) is 23.7 Å². The van der Waals surface area contributed by atoms with Crippen molar-refractivity contribution in [3.05, 3.63) is 0 Å². The summed E-state index contributed by atoms with van der Waals surface area (Å²) in [4.78, 5) is 0. The van der Waals surface area contributed by atoms with Gasteiger partial charge in [-0.05, 0) is 25.7 Å². The number of aliphatic hydroxyl groups is 1. The maximum absolute atomic E-state index is 9.91. The van der Waals surface area contributed by atoms with Crippen molar-refractivity contribution in [3.63, 3.8) is 0 Å². The molecule has 6 heteroatoms. The molecule has 3 saturated heterocycles. The first-order chi connectivity index (χ1) is 10.5. The van der Waals surface area contributed by atoms with Gasteiger partial charge in [0.25, 0.3) is 0 Å². The largest absolute Gasteiger partial charge is 0.391 e. The first-order valence-electron chi connectivity index (χ1n) is 8.50. The molecule has 0 spiro atoms. The molecule has 0 aromatic rings. The van der Waals surface area contributed by atoms with Gasteiger partial charge in [-0.3, -0.25) is 0 Å². The third-order valence-electron chi connectivity index (χ3n) is 5.38. The Labute approximate surface area is 132 Å². The Morgan fingerprint density at radius 2 is 1.55 bits per heavy atom. The predicted molar refractivity (Wildman–Crippen MR) is 78.1 cm³/mol. The average molecular weight is 316 g/mol. The summed E-state index contributed by atoms with van der Waals surface area (Å²) >= 11 is 0. The van der Waals surface area contributed by atoms with E-state index in [4.69, 9.17) is 23.7 Å². The number of aliphatic hydroxyl groups excluding tert-OH is 1. The van der Waals surface area contributed by atoms with E-state index in [0.717, 1.165) is 12.8 Å². The lowest BCUT2D eigenvalue weighted by Gasteiger charge is -2.39. The Morgan fingerprint density at radius 1 is 0.909 bits per heavy atom. The van der Waals surface area contributed by atoms with Gasteiger partial charge in [-0.25, -0.2) is 0 Å². The van der Waals surface area contributed by atoms with Gasteiger partial charge in [0, 0.05) is 0 Å². The van der Waals surface area contributed by atoms with Crippen LogP contribution < -0.4 is 0 Å². The molecule has 6 nitrogen and oxygen atoms in total. The van der Waals surface area contributed by atoms with Crippen molar-refractivity contribution in [1.29, 1.82) is 0 Å². The molecule has 3 aliphatic heterocycles. The fraction of sp³-hybridized carbons (Fsp3) is 1.00. The molecule has 3 heterocycles. The third kappa shape index (κ3) is 2.24. The summed E-state index contributed by atoms with van der Waals surface area (Å²) in [6.45, 7) is 8.22. The lowest BCUT2D eigenvalue weighted by molar-refractivity contribution is -0.300. The highest BCUT2D eigenvalue weighted by atomic mass is 16.9. The molecule has 4 atom stereocenters. The fourth-order valence-corrected chi connectivity index (χ4v) is 3.76. The number of hydrogen-bond donors (Lipinski definition) is 1. The number of fused-ring (bicyclic) bond motifs is 3. The van der Waals surface area contributed by atoms with Crippen molar-refractivity contribution in [2.75, 3.05) is 13.2 Å². The summed E-state index contributed by atoms with van der Waals surface area (Å²) in [5.41, 5.74) is 0. The Morgan fingerprint density at radius 3 is 2.09 bits per heavy atom. The van der Waals surface area contributed by atoms with Gasteiger partial charge in [-0.1, -0.05) is 27.7 Å². The van der Waals surface area contributed by atoms with Gasteiger partial charge in [0.2, 0.25) is 5.79 Å². The second kappa shape index (κ2) is 5.69. The third-order valence-corrected chi connectivity index (χ3v) is 5.38. The highest BCUT2D eigenvalue weighted by Gasteiger charge is 2.66. The highest BCUT2D eigenvalue weighted by Crippen LogP contribution is 2.50. The molecule has 0 bridgehead atoms. The van der Waals surface area contributed by atoms with E-state index < -0.39 is 23.5 Å². The van der Waals surface area contributed by atoms with Crippen LogP contribution in [0, 0.1) is 0 Å². The number of ether oxygens (including phenoxy) is 5. The van der Waals surface area contributed by atoms with Gasteiger partial charge in [0.05, 0.1) is 6.61 Å². The van der Waals surface area contributed by atoms with Crippen LogP contribution >= 0.6 is 0 Å². The molecule has 3 rings (SSSR count). The highest BCUT2D eigenvalue weighted by molar-refractivity contribution is 5.04. The molecule has 3 aliphatic rings. The van der Waals surface area contributed by atoms with Gasteiger partial charge < -0.3 is 28.8 Å². The summed E-state index contributed by atoms with van der Waals surface area (Å²) in [6.07, 6.45) is 1.98. The molecule has 0 aromatic heterocycles. The summed E-state index contributed by atoms with van der Waals surface area (Å²) in [6, 6.07) is 0. The SMILES string of the molecule is CCC1(CC)O[C@@H]2[C@@H](CO[C@@]3(CO)OC(CC)(CC)O[C@@H]23)O1. The number of rotatable bonds is 5.